The predicted octanol–water partition coefficient (Wildman–Crippen LogP) is 1.44. The van der Waals surface area contributed by atoms with Crippen molar-refractivity contribution in [1.29, 1.82) is 0 Å². The molecule has 0 bridgehead atoms. The first kappa shape index (κ1) is 11.9. The van der Waals surface area contributed by atoms with Gasteiger partial charge < -0.3 is 10.6 Å². The van der Waals surface area contributed by atoms with E-state index in [-0.39, 0.29) is 11.4 Å². The third-order valence-corrected chi connectivity index (χ3v) is 4.35. The lowest BCUT2D eigenvalue weighted by Crippen LogP contribution is -2.54. The van der Waals surface area contributed by atoms with Crippen LogP contribution in [-0.2, 0) is 0 Å². The SMILES string of the molecule is NCC1(N2CCN(c3ccccc3F)CC2)CC1. The van der Waals surface area contributed by atoms with Crippen molar-refractivity contribution in [3.05, 3.63) is 30.1 Å². The van der Waals surface area contributed by atoms with E-state index in [0.717, 1.165) is 38.4 Å². The van der Waals surface area contributed by atoms with Crippen LogP contribution >= 0.6 is 0 Å². The van der Waals surface area contributed by atoms with Gasteiger partial charge in [-0.3, -0.25) is 4.90 Å². The van der Waals surface area contributed by atoms with Gasteiger partial charge in [0.1, 0.15) is 5.82 Å². The molecule has 1 aromatic rings. The van der Waals surface area contributed by atoms with E-state index in [4.69, 9.17) is 5.73 Å². The number of hydrogen-bond donors (Lipinski definition) is 1. The van der Waals surface area contributed by atoms with Gasteiger partial charge in [0, 0.05) is 38.3 Å². The number of nitrogens with two attached hydrogens (primary N) is 1. The molecule has 4 heteroatoms. The standard InChI is InChI=1S/C14H20FN3/c15-12-3-1-2-4-13(12)17-7-9-18(10-8-17)14(11-16)5-6-14/h1-4H,5-11,16H2. The molecule has 18 heavy (non-hydrogen) atoms. The molecule has 1 heterocycles. The van der Waals surface area contributed by atoms with E-state index in [0.29, 0.717) is 0 Å². The molecule has 2 N–H and O–H groups in total. The van der Waals surface area contributed by atoms with Gasteiger partial charge in [0.25, 0.3) is 0 Å². The first-order chi connectivity index (χ1) is 8.75. The van der Waals surface area contributed by atoms with Gasteiger partial charge in [0.2, 0.25) is 0 Å². The minimum Gasteiger partial charge on any atom is -0.367 e. The molecular formula is C14H20FN3. The number of halogens is 1. The third kappa shape index (κ3) is 1.99. The van der Waals surface area contributed by atoms with Crippen LogP contribution in [0.4, 0.5) is 10.1 Å². The third-order valence-electron chi connectivity index (χ3n) is 4.35. The van der Waals surface area contributed by atoms with E-state index in [1.807, 2.05) is 12.1 Å². The highest BCUT2D eigenvalue weighted by molar-refractivity contribution is 5.48. The van der Waals surface area contributed by atoms with Gasteiger partial charge in [-0.1, -0.05) is 12.1 Å². The van der Waals surface area contributed by atoms with Crippen molar-refractivity contribution in [3.8, 4) is 0 Å². The number of para-hydroxylation sites is 1. The normalized spacial score (nSPS) is 23.1. The molecule has 0 aromatic heterocycles. The maximum absolute atomic E-state index is 13.7. The minimum absolute atomic E-state index is 0.120. The number of rotatable bonds is 3. The molecule has 1 aliphatic carbocycles. The zero-order valence-electron chi connectivity index (χ0n) is 10.6. The van der Waals surface area contributed by atoms with Crippen LogP contribution in [0.15, 0.2) is 24.3 Å². The molecular weight excluding hydrogens is 229 g/mol. The van der Waals surface area contributed by atoms with Gasteiger partial charge in [0.15, 0.2) is 0 Å². The second kappa shape index (κ2) is 4.52. The van der Waals surface area contributed by atoms with Crippen LogP contribution in [0.25, 0.3) is 0 Å². The molecule has 1 saturated heterocycles. The molecule has 0 amide bonds. The Bertz CT molecular complexity index is 423. The Labute approximate surface area is 107 Å². The van der Waals surface area contributed by atoms with Crippen LogP contribution in [0.5, 0.6) is 0 Å². The maximum atomic E-state index is 13.7. The second-order valence-electron chi connectivity index (χ2n) is 5.35. The van der Waals surface area contributed by atoms with Crippen molar-refractivity contribution in [2.24, 2.45) is 5.73 Å². The summed E-state index contributed by atoms with van der Waals surface area (Å²) in [5.41, 5.74) is 6.86. The topological polar surface area (TPSA) is 32.5 Å². The summed E-state index contributed by atoms with van der Waals surface area (Å²) < 4.78 is 13.7. The lowest BCUT2D eigenvalue weighted by molar-refractivity contribution is 0.171. The number of anilines is 1. The molecule has 98 valence electrons. The van der Waals surface area contributed by atoms with E-state index in [2.05, 4.69) is 9.80 Å². The van der Waals surface area contributed by atoms with Crippen molar-refractivity contribution in [2.45, 2.75) is 18.4 Å². The highest BCUT2D eigenvalue weighted by atomic mass is 19.1. The summed E-state index contributed by atoms with van der Waals surface area (Å²) >= 11 is 0. The average Bonchev–Trinajstić information content (AvgIpc) is 3.21. The Morgan fingerprint density at radius 3 is 2.33 bits per heavy atom. The van der Waals surface area contributed by atoms with Crippen molar-refractivity contribution < 1.29 is 4.39 Å². The van der Waals surface area contributed by atoms with Gasteiger partial charge in [-0.2, -0.15) is 0 Å². The maximum Gasteiger partial charge on any atom is 0.146 e. The molecule has 0 atom stereocenters. The Hall–Kier alpha value is -1.13. The van der Waals surface area contributed by atoms with Gasteiger partial charge in [-0.25, -0.2) is 4.39 Å². The number of piperazine rings is 1. The largest absolute Gasteiger partial charge is 0.367 e. The molecule has 1 saturated carbocycles. The highest BCUT2D eigenvalue weighted by Gasteiger charge is 2.47. The van der Waals surface area contributed by atoms with E-state index >= 15 is 0 Å². The van der Waals surface area contributed by atoms with E-state index in [1.54, 1.807) is 6.07 Å². The Morgan fingerprint density at radius 2 is 1.78 bits per heavy atom. The zero-order chi connectivity index (χ0) is 12.6. The highest BCUT2D eigenvalue weighted by Crippen LogP contribution is 2.41. The lowest BCUT2D eigenvalue weighted by Gasteiger charge is -2.40. The zero-order valence-corrected chi connectivity index (χ0v) is 10.6. The fourth-order valence-corrected chi connectivity index (χ4v) is 2.92. The first-order valence-corrected chi connectivity index (χ1v) is 6.70. The summed E-state index contributed by atoms with van der Waals surface area (Å²) in [7, 11) is 0. The van der Waals surface area contributed by atoms with Crippen LogP contribution in [0, 0.1) is 5.82 Å². The van der Waals surface area contributed by atoms with E-state index < -0.39 is 0 Å². The molecule has 3 nitrogen and oxygen atoms in total. The first-order valence-electron chi connectivity index (χ1n) is 6.70. The van der Waals surface area contributed by atoms with Crippen LogP contribution in [-0.4, -0.2) is 43.2 Å². The Balaban J connectivity index is 1.65. The van der Waals surface area contributed by atoms with Crippen molar-refractivity contribution in [3.63, 3.8) is 0 Å². The fourth-order valence-electron chi connectivity index (χ4n) is 2.92. The summed E-state index contributed by atoms with van der Waals surface area (Å²) in [5, 5.41) is 0. The molecule has 2 fully saturated rings. The van der Waals surface area contributed by atoms with Crippen molar-refractivity contribution in [2.75, 3.05) is 37.6 Å². The molecule has 0 spiro atoms. The minimum atomic E-state index is -0.120. The average molecular weight is 249 g/mol. The molecule has 0 unspecified atom stereocenters. The number of benzene rings is 1. The second-order valence-corrected chi connectivity index (χ2v) is 5.35. The van der Waals surface area contributed by atoms with Crippen LogP contribution < -0.4 is 10.6 Å². The van der Waals surface area contributed by atoms with Gasteiger partial charge in [-0.15, -0.1) is 0 Å². The van der Waals surface area contributed by atoms with Gasteiger partial charge >= 0.3 is 0 Å². The summed E-state index contributed by atoms with van der Waals surface area (Å²) in [5.74, 6) is -0.120. The number of hydrogen-bond acceptors (Lipinski definition) is 3. The van der Waals surface area contributed by atoms with Crippen LogP contribution in [0.1, 0.15) is 12.8 Å². The molecule has 1 aliphatic heterocycles. The van der Waals surface area contributed by atoms with Gasteiger partial charge in [0.05, 0.1) is 5.69 Å². The van der Waals surface area contributed by atoms with Gasteiger partial charge in [-0.05, 0) is 25.0 Å². The summed E-state index contributed by atoms with van der Waals surface area (Å²) in [6.45, 7) is 4.52. The lowest BCUT2D eigenvalue weighted by atomic mass is 10.1. The Kier molecular flexibility index (Phi) is 2.99. The van der Waals surface area contributed by atoms with Crippen molar-refractivity contribution in [1.82, 2.24) is 4.90 Å². The predicted molar refractivity (Wildman–Crippen MR) is 71.2 cm³/mol. The summed E-state index contributed by atoms with van der Waals surface area (Å²) in [6.07, 6.45) is 2.45. The van der Waals surface area contributed by atoms with Crippen LogP contribution in [0.2, 0.25) is 0 Å². The molecule has 2 aliphatic rings. The monoisotopic (exact) mass is 249 g/mol. The van der Waals surface area contributed by atoms with E-state index in [9.17, 15) is 4.39 Å². The van der Waals surface area contributed by atoms with Crippen LogP contribution in [0.3, 0.4) is 0 Å². The quantitative estimate of drug-likeness (QED) is 0.880. The molecule has 0 radical (unpaired) electrons. The molecule has 3 rings (SSSR count). The summed E-state index contributed by atoms with van der Waals surface area (Å²) in [4.78, 5) is 4.63. The fraction of sp³-hybridized carbons (Fsp3) is 0.571. The Morgan fingerprint density at radius 1 is 1.11 bits per heavy atom. The smallest absolute Gasteiger partial charge is 0.146 e. The molecule has 1 aromatic carbocycles. The van der Waals surface area contributed by atoms with E-state index in [1.165, 1.54) is 18.9 Å². The summed E-state index contributed by atoms with van der Waals surface area (Å²) in [6, 6.07) is 7.03. The number of nitrogens with zero attached hydrogens (tertiary/aromatic N) is 2. The van der Waals surface area contributed by atoms with Crippen molar-refractivity contribution >= 4 is 5.69 Å².